The number of thioether (sulfide) groups is 1. The number of imide groups is 1. The summed E-state index contributed by atoms with van der Waals surface area (Å²) in [7, 11) is 2.69. The van der Waals surface area contributed by atoms with E-state index in [-0.39, 0.29) is 4.91 Å². The maximum atomic E-state index is 12.4. The lowest BCUT2D eigenvalue weighted by Gasteiger charge is -2.18. The largest absolute Gasteiger partial charge is 0.494 e. The maximum Gasteiger partial charge on any atom is 0.328 e. The SMILES string of the molecule is COC(=O)[C@@H](C)N1C(=O)S/C(=C/c2cc(Cl)c(OC)c(Br)c2)C1=O. The molecule has 1 aliphatic rings. The van der Waals surface area contributed by atoms with Gasteiger partial charge in [0, 0.05) is 0 Å². The molecule has 6 nitrogen and oxygen atoms in total. The molecule has 0 N–H and O–H groups in total. The molecule has 128 valence electrons. The zero-order valence-corrected chi connectivity index (χ0v) is 16.1. The van der Waals surface area contributed by atoms with Crippen molar-refractivity contribution >= 4 is 62.5 Å². The minimum Gasteiger partial charge on any atom is -0.494 e. The molecule has 9 heteroatoms. The number of nitrogens with zero attached hydrogens (tertiary/aromatic N) is 1. The van der Waals surface area contributed by atoms with Crippen LogP contribution < -0.4 is 4.74 Å². The molecule has 2 rings (SSSR count). The zero-order valence-electron chi connectivity index (χ0n) is 13.0. The lowest BCUT2D eigenvalue weighted by Crippen LogP contribution is -2.42. The molecule has 0 saturated carbocycles. The van der Waals surface area contributed by atoms with Gasteiger partial charge in [-0.25, -0.2) is 4.79 Å². The van der Waals surface area contributed by atoms with Crippen molar-refractivity contribution in [3.05, 3.63) is 32.1 Å². The number of amides is 2. The number of carbonyl (C=O) groups is 3. The number of methoxy groups -OCH3 is 2. The molecule has 1 fully saturated rings. The van der Waals surface area contributed by atoms with E-state index in [9.17, 15) is 14.4 Å². The highest BCUT2D eigenvalue weighted by molar-refractivity contribution is 9.10. The van der Waals surface area contributed by atoms with Crippen molar-refractivity contribution in [2.45, 2.75) is 13.0 Å². The highest BCUT2D eigenvalue weighted by Gasteiger charge is 2.41. The fraction of sp³-hybridized carbons (Fsp3) is 0.267. The van der Waals surface area contributed by atoms with E-state index in [1.807, 2.05) is 0 Å². The van der Waals surface area contributed by atoms with Gasteiger partial charge in [-0.3, -0.25) is 14.5 Å². The van der Waals surface area contributed by atoms with E-state index in [2.05, 4.69) is 20.7 Å². The summed E-state index contributed by atoms with van der Waals surface area (Å²) < 4.78 is 10.3. The predicted octanol–water partition coefficient (Wildman–Crippen LogP) is 3.71. The van der Waals surface area contributed by atoms with Gasteiger partial charge in [0.05, 0.1) is 28.6 Å². The van der Waals surface area contributed by atoms with Gasteiger partial charge in [-0.1, -0.05) is 11.6 Å². The molecule has 1 aliphatic heterocycles. The number of halogens is 2. The normalized spacial score (nSPS) is 17.4. The summed E-state index contributed by atoms with van der Waals surface area (Å²) in [5, 5.41) is -0.164. The van der Waals surface area contributed by atoms with Crippen molar-refractivity contribution in [1.82, 2.24) is 4.90 Å². The van der Waals surface area contributed by atoms with Crippen molar-refractivity contribution in [3.63, 3.8) is 0 Å². The number of ether oxygens (including phenoxy) is 2. The summed E-state index contributed by atoms with van der Waals surface area (Å²) in [5.74, 6) is -0.735. The highest BCUT2D eigenvalue weighted by Crippen LogP contribution is 2.37. The van der Waals surface area contributed by atoms with E-state index in [1.54, 1.807) is 12.1 Å². The number of hydrogen-bond donors (Lipinski definition) is 0. The van der Waals surface area contributed by atoms with Gasteiger partial charge >= 0.3 is 5.97 Å². The molecule has 24 heavy (non-hydrogen) atoms. The van der Waals surface area contributed by atoms with Crippen LogP contribution >= 0.6 is 39.3 Å². The summed E-state index contributed by atoms with van der Waals surface area (Å²) in [5.41, 5.74) is 0.615. The van der Waals surface area contributed by atoms with E-state index in [1.165, 1.54) is 27.2 Å². The summed E-state index contributed by atoms with van der Waals surface area (Å²) >= 11 is 10.2. The third-order valence-electron chi connectivity index (χ3n) is 3.28. The van der Waals surface area contributed by atoms with E-state index < -0.39 is 23.2 Å². The van der Waals surface area contributed by atoms with Crippen LogP contribution in [-0.2, 0) is 14.3 Å². The number of rotatable bonds is 4. The van der Waals surface area contributed by atoms with Crippen LogP contribution in [0.15, 0.2) is 21.5 Å². The molecular formula is C15H13BrClNO5S. The topological polar surface area (TPSA) is 72.9 Å². The molecule has 1 heterocycles. The summed E-state index contributed by atoms with van der Waals surface area (Å²) in [4.78, 5) is 37.1. The number of esters is 1. The minimum atomic E-state index is -0.986. The quantitative estimate of drug-likeness (QED) is 0.531. The highest BCUT2D eigenvalue weighted by atomic mass is 79.9. The summed E-state index contributed by atoms with van der Waals surface area (Å²) in [6, 6.07) is 2.34. The zero-order chi connectivity index (χ0) is 18.0. The van der Waals surface area contributed by atoms with Crippen molar-refractivity contribution < 1.29 is 23.9 Å². The van der Waals surface area contributed by atoms with Crippen molar-refractivity contribution in [2.24, 2.45) is 0 Å². The molecule has 1 aromatic carbocycles. The Balaban J connectivity index is 2.34. The van der Waals surface area contributed by atoms with Gasteiger partial charge in [-0.2, -0.15) is 0 Å². The smallest absolute Gasteiger partial charge is 0.328 e. The van der Waals surface area contributed by atoms with Crippen LogP contribution in [0.3, 0.4) is 0 Å². The summed E-state index contributed by atoms with van der Waals surface area (Å²) in [6.07, 6.45) is 1.53. The molecule has 1 atom stereocenters. The Labute approximate surface area is 156 Å². The third kappa shape index (κ3) is 3.60. The van der Waals surface area contributed by atoms with Crippen LogP contribution in [-0.4, -0.2) is 42.3 Å². The maximum absolute atomic E-state index is 12.4. The van der Waals surface area contributed by atoms with Gasteiger partial charge in [0.15, 0.2) is 5.75 Å². The van der Waals surface area contributed by atoms with Crippen LogP contribution in [0.4, 0.5) is 4.79 Å². The first kappa shape index (κ1) is 18.8. The average molecular weight is 435 g/mol. The molecular weight excluding hydrogens is 422 g/mol. The lowest BCUT2D eigenvalue weighted by atomic mass is 10.2. The molecule has 2 amide bonds. The molecule has 0 bridgehead atoms. The molecule has 0 unspecified atom stereocenters. The first-order valence-electron chi connectivity index (χ1n) is 6.68. The molecule has 1 saturated heterocycles. The van der Waals surface area contributed by atoms with Gasteiger partial charge in [-0.15, -0.1) is 0 Å². The van der Waals surface area contributed by atoms with E-state index in [0.29, 0.717) is 20.8 Å². The van der Waals surface area contributed by atoms with Gasteiger partial charge in [0.2, 0.25) is 0 Å². The first-order valence-corrected chi connectivity index (χ1v) is 8.66. The van der Waals surface area contributed by atoms with Crippen LogP contribution in [0.2, 0.25) is 5.02 Å². The Morgan fingerprint density at radius 2 is 2.04 bits per heavy atom. The minimum absolute atomic E-state index is 0.198. The van der Waals surface area contributed by atoms with Gasteiger partial charge in [0.25, 0.3) is 11.1 Å². The standard InChI is InChI=1S/C15H13BrClNO5S/c1-7(14(20)23-3)18-13(19)11(24-15(18)21)6-8-4-9(16)12(22-2)10(17)5-8/h4-7H,1-3H3/b11-6+/t7-/m1/s1. The average Bonchev–Trinajstić information content (AvgIpc) is 2.79. The Kier molecular flexibility index (Phi) is 5.95. The Morgan fingerprint density at radius 1 is 1.38 bits per heavy atom. The second-order valence-corrected chi connectivity index (χ2v) is 7.02. The first-order chi connectivity index (χ1) is 11.3. The van der Waals surface area contributed by atoms with Crippen LogP contribution in [0.5, 0.6) is 5.75 Å². The van der Waals surface area contributed by atoms with Crippen molar-refractivity contribution in [3.8, 4) is 5.75 Å². The molecule has 0 spiro atoms. The van der Waals surface area contributed by atoms with Crippen LogP contribution in [0.1, 0.15) is 12.5 Å². The van der Waals surface area contributed by atoms with Gasteiger partial charge in [0.1, 0.15) is 6.04 Å². The predicted molar refractivity (Wildman–Crippen MR) is 95.0 cm³/mol. The molecule has 0 aliphatic carbocycles. The number of hydrogen-bond acceptors (Lipinski definition) is 6. The molecule has 1 aromatic rings. The third-order valence-corrected chi connectivity index (χ3v) is 5.03. The lowest BCUT2D eigenvalue weighted by molar-refractivity contribution is -0.148. The van der Waals surface area contributed by atoms with E-state index in [4.69, 9.17) is 16.3 Å². The van der Waals surface area contributed by atoms with Crippen LogP contribution in [0.25, 0.3) is 6.08 Å². The Bertz CT molecular complexity index is 728. The second kappa shape index (κ2) is 7.58. The van der Waals surface area contributed by atoms with Crippen LogP contribution in [0, 0.1) is 0 Å². The molecule has 0 aromatic heterocycles. The van der Waals surface area contributed by atoms with E-state index >= 15 is 0 Å². The summed E-state index contributed by atoms with van der Waals surface area (Å²) in [6.45, 7) is 1.44. The monoisotopic (exact) mass is 433 g/mol. The number of benzene rings is 1. The Hall–Kier alpha value is -1.51. The Morgan fingerprint density at radius 3 is 2.58 bits per heavy atom. The number of carbonyl (C=O) groups excluding carboxylic acids is 3. The van der Waals surface area contributed by atoms with Gasteiger partial charge in [-0.05, 0) is 58.4 Å². The van der Waals surface area contributed by atoms with E-state index in [0.717, 1.165) is 16.7 Å². The van der Waals surface area contributed by atoms with Crippen molar-refractivity contribution in [2.75, 3.05) is 14.2 Å². The fourth-order valence-corrected chi connectivity index (χ4v) is 4.07. The molecule has 0 radical (unpaired) electrons. The fourth-order valence-electron chi connectivity index (χ4n) is 2.10. The van der Waals surface area contributed by atoms with Crippen molar-refractivity contribution in [1.29, 1.82) is 0 Å². The second-order valence-electron chi connectivity index (χ2n) is 4.77. The van der Waals surface area contributed by atoms with Gasteiger partial charge < -0.3 is 9.47 Å².